The van der Waals surface area contributed by atoms with Gasteiger partial charge in [0.1, 0.15) is 5.78 Å². The fraction of sp³-hybridized carbons (Fsp3) is 0.773. The van der Waals surface area contributed by atoms with Gasteiger partial charge in [-0.1, -0.05) is 31.6 Å². The van der Waals surface area contributed by atoms with Crippen molar-refractivity contribution in [2.24, 2.45) is 34.5 Å². The minimum absolute atomic E-state index is 0.0168. The summed E-state index contributed by atoms with van der Waals surface area (Å²) in [5, 5.41) is 0. The maximum atomic E-state index is 12.5. The Morgan fingerprint density at radius 2 is 1.91 bits per heavy atom. The summed E-state index contributed by atoms with van der Waals surface area (Å²) in [5.41, 5.74) is 2.20. The predicted molar refractivity (Wildman–Crippen MR) is 95.0 cm³/mol. The van der Waals surface area contributed by atoms with Crippen LogP contribution in [0.3, 0.4) is 0 Å². The van der Waals surface area contributed by atoms with Crippen LogP contribution < -0.4 is 0 Å². The summed E-state index contributed by atoms with van der Waals surface area (Å²) in [7, 11) is 0. The third-order valence-corrected chi connectivity index (χ3v) is 8.41. The number of carbonyl (C=O) groups excluding carboxylic acids is 1. The van der Waals surface area contributed by atoms with E-state index in [2.05, 4.69) is 32.6 Å². The lowest BCUT2D eigenvalue weighted by Crippen LogP contribution is -2.50. The van der Waals surface area contributed by atoms with Gasteiger partial charge in [-0.15, -0.1) is 6.58 Å². The first kappa shape index (κ1) is 15.7. The second-order valence-electron chi connectivity index (χ2n) is 9.31. The fourth-order valence-electron chi connectivity index (χ4n) is 6.94. The number of ketones is 1. The molecular weight excluding hydrogens is 280 g/mol. The quantitative estimate of drug-likeness (QED) is 0.597. The molecule has 0 amide bonds. The van der Waals surface area contributed by atoms with Gasteiger partial charge in [0, 0.05) is 11.8 Å². The van der Waals surface area contributed by atoms with Crippen LogP contribution in [0.4, 0.5) is 0 Å². The number of allylic oxidation sites excluding steroid dienone is 3. The van der Waals surface area contributed by atoms with Gasteiger partial charge in [0.25, 0.3) is 0 Å². The Labute approximate surface area is 141 Å². The zero-order valence-corrected chi connectivity index (χ0v) is 14.9. The highest BCUT2D eigenvalue weighted by Crippen LogP contribution is 2.64. The van der Waals surface area contributed by atoms with Crippen LogP contribution in [-0.2, 0) is 4.79 Å². The van der Waals surface area contributed by atoms with Crippen LogP contribution in [0.5, 0.6) is 0 Å². The van der Waals surface area contributed by atoms with Crippen molar-refractivity contribution in [2.45, 2.75) is 71.6 Å². The van der Waals surface area contributed by atoms with Crippen LogP contribution in [0.15, 0.2) is 24.3 Å². The van der Waals surface area contributed by atoms with Crippen molar-refractivity contribution in [3.8, 4) is 0 Å². The molecule has 3 saturated carbocycles. The fourth-order valence-corrected chi connectivity index (χ4v) is 6.94. The van der Waals surface area contributed by atoms with Gasteiger partial charge in [-0.3, -0.25) is 4.79 Å². The van der Waals surface area contributed by atoms with Gasteiger partial charge in [0.05, 0.1) is 0 Å². The average molecular weight is 312 g/mol. The van der Waals surface area contributed by atoms with Crippen LogP contribution in [-0.4, -0.2) is 5.78 Å². The maximum absolute atomic E-state index is 12.5. The molecule has 0 aromatic carbocycles. The Kier molecular flexibility index (Phi) is 3.63. The van der Waals surface area contributed by atoms with Crippen molar-refractivity contribution in [1.29, 1.82) is 0 Å². The topological polar surface area (TPSA) is 17.1 Å². The summed E-state index contributed by atoms with van der Waals surface area (Å²) in [6, 6.07) is 0. The van der Waals surface area contributed by atoms with E-state index in [1.807, 2.05) is 0 Å². The van der Waals surface area contributed by atoms with Crippen molar-refractivity contribution in [3.05, 3.63) is 24.3 Å². The molecule has 0 bridgehead atoms. The monoisotopic (exact) mass is 312 g/mol. The number of Topliss-reactive ketones (excluding diaryl/α,β-unsaturated/α-hetero) is 1. The standard InChI is InChI=1S/C22H32O/c1-4-5-15-10-12-21(2)16(14-15)6-7-17-18-8-9-20(23)22(18,3)13-11-19(17)21/h4,6,15,17-19H,1,5,7-14H2,2-3H3/t15?,17-,18-,19-,21-,22-/m0/s1. The molecule has 1 heteroatoms. The minimum atomic E-state index is 0.0168. The van der Waals surface area contributed by atoms with E-state index in [1.165, 1.54) is 38.5 Å². The number of fused-ring (bicyclic) bond motifs is 5. The first-order valence-corrected chi connectivity index (χ1v) is 9.83. The largest absolute Gasteiger partial charge is 0.299 e. The summed E-state index contributed by atoms with van der Waals surface area (Å²) in [6.45, 7) is 8.78. The molecule has 1 nitrogen and oxygen atoms in total. The molecular formula is C22H32O. The van der Waals surface area contributed by atoms with Crippen LogP contribution >= 0.6 is 0 Å². The second-order valence-corrected chi connectivity index (χ2v) is 9.31. The van der Waals surface area contributed by atoms with Crippen LogP contribution in [0.2, 0.25) is 0 Å². The zero-order chi connectivity index (χ0) is 16.2. The molecule has 0 aromatic rings. The Morgan fingerprint density at radius 1 is 1.17 bits per heavy atom. The zero-order valence-electron chi connectivity index (χ0n) is 14.9. The first-order chi connectivity index (χ1) is 11.0. The molecule has 1 unspecified atom stereocenters. The molecule has 126 valence electrons. The molecule has 3 fully saturated rings. The Balaban J connectivity index is 1.63. The van der Waals surface area contributed by atoms with Gasteiger partial charge in [0.15, 0.2) is 0 Å². The predicted octanol–water partition coefficient (Wildman–Crippen LogP) is 5.71. The third kappa shape index (κ3) is 2.14. The number of hydrogen-bond acceptors (Lipinski definition) is 1. The van der Waals surface area contributed by atoms with Gasteiger partial charge >= 0.3 is 0 Å². The third-order valence-electron chi connectivity index (χ3n) is 8.41. The van der Waals surface area contributed by atoms with Crippen molar-refractivity contribution >= 4 is 5.78 Å². The molecule has 0 spiro atoms. The van der Waals surface area contributed by atoms with Gasteiger partial charge < -0.3 is 0 Å². The maximum Gasteiger partial charge on any atom is 0.139 e. The lowest BCUT2D eigenvalue weighted by molar-refractivity contribution is -0.131. The molecule has 0 N–H and O–H groups in total. The molecule has 4 aliphatic rings. The molecule has 0 radical (unpaired) electrons. The van der Waals surface area contributed by atoms with Gasteiger partial charge in [-0.05, 0) is 80.5 Å². The molecule has 0 aliphatic heterocycles. The van der Waals surface area contributed by atoms with E-state index in [-0.39, 0.29) is 5.41 Å². The first-order valence-electron chi connectivity index (χ1n) is 9.83. The van der Waals surface area contributed by atoms with E-state index in [1.54, 1.807) is 5.57 Å². The normalized spacial score (nSPS) is 49.0. The van der Waals surface area contributed by atoms with E-state index in [0.29, 0.717) is 17.1 Å². The van der Waals surface area contributed by atoms with Crippen LogP contribution in [0.1, 0.15) is 71.6 Å². The summed E-state index contributed by atoms with van der Waals surface area (Å²) in [4.78, 5) is 12.5. The van der Waals surface area contributed by atoms with E-state index in [0.717, 1.165) is 37.0 Å². The SMILES string of the molecule is C=CCC1CC[C@@]2(C)C(=CC[C@@H]3[C@@H]2CC[C@]2(C)C(=O)CC[C@@H]32)C1. The van der Waals surface area contributed by atoms with Crippen molar-refractivity contribution < 1.29 is 4.79 Å². The highest BCUT2D eigenvalue weighted by Gasteiger charge is 2.58. The second kappa shape index (κ2) is 5.33. The van der Waals surface area contributed by atoms with Gasteiger partial charge in [-0.2, -0.15) is 0 Å². The Hall–Kier alpha value is -0.850. The van der Waals surface area contributed by atoms with E-state index >= 15 is 0 Å². The highest BCUT2D eigenvalue weighted by atomic mass is 16.1. The molecule has 4 rings (SSSR count). The molecule has 23 heavy (non-hydrogen) atoms. The van der Waals surface area contributed by atoms with E-state index in [9.17, 15) is 4.79 Å². The number of rotatable bonds is 2. The average Bonchev–Trinajstić information content (AvgIpc) is 2.84. The summed E-state index contributed by atoms with van der Waals surface area (Å²) in [6.07, 6.45) is 15.6. The highest BCUT2D eigenvalue weighted by molar-refractivity contribution is 5.87. The van der Waals surface area contributed by atoms with Crippen LogP contribution in [0.25, 0.3) is 0 Å². The molecule has 6 atom stereocenters. The Bertz CT molecular complexity index is 558. The Morgan fingerprint density at radius 3 is 2.70 bits per heavy atom. The summed E-state index contributed by atoms with van der Waals surface area (Å²) in [5.74, 6) is 3.65. The van der Waals surface area contributed by atoms with E-state index < -0.39 is 0 Å². The molecule has 0 saturated heterocycles. The van der Waals surface area contributed by atoms with Gasteiger partial charge in [-0.25, -0.2) is 0 Å². The molecule has 0 aromatic heterocycles. The smallest absolute Gasteiger partial charge is 0.139 e. The number of carbonyl (C=O) groups is 1. The van der Waals surface area contributed by atoms with Crippen molar-refractivity contribution in [1.82, 2.24) is 0 Å². The lowest BCUT2D eigenvalue weighted by Gasteiger charge is -2.57. The van der Waals surface area contributed by atoms with Crippen LogP contribution in [0, 0.1) is 34.5 Å². The molecule has 4 aliphatic carbocycles. The number of hydrogen-bond donors (Lipinski definition) is 0. The van der Waals surface area contributed by atoms with E-state index in [4.69, 9.17) is 0 Å². The lowest BCUT2D eigenvalue weighted by atomic mass is 9.47. The van der Waals surface area contributed by atoms with Gasteiger partial charge in [0.2, 0.25) is 0 Å². The summed E-state index contributed by atoms with van der Waals surface area (Å²) < 4.78 is 0. The van der Waals surface area contributed by atoms with Crippen molar-refractivity contribution in [2.75, 3.05) is 0 Å². The minimum Gasteiger partial charge on any atom is -0.299 e. The van der Waals surface area contributed by atoms with Crippen molar-refractivity contribution in [3.63, 3.8) is 0 Å². The molecule has 0 heterocycles. The summed E-state index contributed by atoms with van der Waals surface area (Å²) >= 11 is 0.